The Kier molecular flexibility index (Phi) is 4.86. The molecule has 2 heterocycles. The smallest absolute Gasteiger partial charge is 0.295 e. The van der Waals surface area contributed by atoms with Gasteiger partial charge in [-0.1, -0.05) is 24.3 Å². The molecule has 2 aromatic carbocycles. The number of aromatic nitrogens is 3. The van der Waals surface area contributed by atoms with Crippen molar-refractivity contribution >= 4 is 10.8 Å². The van der Waals surface area contributed by atoms with E-state index in [0.29, 0.717) is 23.4 Å². The van der Waals surface area contributed by atoms with Crippen molar-refractivity contribution in [2.24, 2.45) is 7.05 Å². The maximum absolute atomic E-state index is 13.6. The Morgan fingerprint density at radius 1 is 0.833 bits per heavy atom. The second-order valence-corrected chi connectivity index (χ2v) is 7.35. The quantitative estimate of drug-likeness (QED) is 0.521. The minimum atomic E-state index is -0.137. The van der Waals surface area contributed by atoms with Crippen molar-refractivity contribution in [2.45, 2.75) is 27.7 Å². The summed E-state index contributed by atoms with van der Waals surface area (Å²) >= 11 is 0. The third-order valence-electron chi connectivity index (χ3n) is 5.68. The summed E-state index contributed by atoms with van der Waals surface area (Å²) in [6.07, 6.45) is 0. The van der Waals surface area contributed by atoms with Crippen molar-refractivity contribution < 1.29 is 4.74 Å². The number of hydrogen-bond donors (Lipinski definition) is 0. The van der Waals surface area contributed by atoms with Crippen molar-refractivity contribution in [3.05, 3.63) is 86.2 Å². The van der Waals surface area contributed by atoms with Gasteiger partial charge in [0.1, 0.15) is 11.4 Å². The molecule has 0 bridgehead atoms. The number of ether oxygens (including phenoxy) is 1. The normalized spacial score (nSPS) is 11.2. The molecule has 4 rings (SSSR count). The first-order chi connectivity index (χ1) is 14.4. The Morgan fingerprint density at radius 3 is 2.17 bits per heavy atom. The van der Waals surface area contributed by atoms with Crippen LogP contribution in [0.5, 0.6) is 5.75 Å². The molecule has 0 saturated heterocycles. The summed E-state index contributed by atoms with van der Waals surface area (Å²) in [6.45, 7) is 8.13. The number of nitrogens with zero attached hydrogens (tertiary/aromatic N) is 3. The molecule has 0 atom stereocenters. The van der Waals surface area contributed by atoms with E-state index >= 15 is 0 Å². The topological polar surface area (TPSA) is 58.2 Å². The van der Waals surface area contributed by atoms with Gasteiger partial charge in [-0.2, -0.15) is 0 Å². The fourth-order valence-corrected chi connectivity index (χ4v) is 4.25. The van der Waals surface area contributed by atoms with Gasteiger partial charge in [-0.05, 0) is 52.0 Å². The molecule has 0 aliphatic heterocycles. The summed E-state index contributed by atoms with van der Waals surface area (Å²) in [6, 6.07) is 14.6. The summed E-state index contributed by atoms with van der Waals surface area (Å²) in [4.78, 5) is 26.4. The van der Waals surface area contributed by atoms with E-state index in [-0.39, 0.29) is 11.0 Å². The molecule has 0 radical (unpaired) electrons. The summed E-state index contributed by atoms with van der Waals surface area (Å²) < 4.78 is 11.2. The molecule has 0 saturated carbocycles. The van der Waals surface area contributed by atoms with Crippen LogP contribution < -0.4 is 15.7 Å². The lowest BCUT2D eigenvalue weighted by molar-refractivity contribution is 0.344. The predicted molar refractivity (Wildman–Crippen MR) is 119 cm³/mol. The Morgan fingerprint density at radius 2 is 1.50 bits per heavy atom. The zero-order valence-corrected chi connectivity index (χ0v) is 17.9. The average molecular weight is 403 g/mol. The number of benzene rings is 1. The molecular formula is C24H25N3O3. The van der Waals surface area contributed by atoms with Crippen molar-refractivity contribution in [1.29, 1.82) is 0 Å². The Balaban J connectivity index is 2.13. The molecule has 0 unspecified atom stereocenters. The first-order valence-corrected chi connectivity index (χ1v) is 10.0. The number of rotatable bonds is 4. The first-order valence-electron chi connectivity index (χ1n) is 10.0. The molecule has 0 N–H and O–H groups in total. The van der Waals surface area contributed by atoms with Crippen LogP contribution in [-0.2, 0) is 7.05 Å². The molecule has 4 aromatic rings. The highest BCUT2D eigenvalue weighted by Crippen LogP contribution is 2.33. The van der Waals surface area contributed by atoms with Gasteiger partial charge in [0.2, 0.25) is 0 Å². The van der Waals surface area contributed by atoms with Gasteiger partial charge in [0, 0.05) is 23.8 Å². The number of aryl methyl sites for hydroxylation is 2. The van der Waals surface area contributed by atoms with Crippen LogP contribution in [0.2, 0.25) is 0 Å². The second kappa shape index (κ2) is 7.37. The van der Waals surface area contributed by atoms with Crippen LogP contribution in [0, 0.1) is 20.8 Å². The van der Waals surface area contributed by atoms with Gasteiger partial charge < -0.3 is 9.30 Å². The van der Waals surface area contributed by atoms with E-state index < -0.39 is 0 Å². The van der Waals surface area contributed by atoms with Crippen LogP contribution in [0.4, 0.5) is 0 Å². The van der Waals surface area contributed by atoms with E-state index in [2.05, 4.69) is 0 Å². The third kappa shape index (κ3) is 2.79. The van der Waals surface area contributed by atoms with E-state index in [4.69, 9.17) is 4.74 Å². The third-order valence-corrected chi connectivity index (χ3v) is 5.68. The summed E-state index contributed by atoms with van der Waals surface area (Å²) in [5, 5.41) is 1.33. The van der Waals surface area contributed by atoms with Crippen molar-refractivity contribution in [2.75, 3.05) is 6.61 Å². The lowest BCUT2D eigenvalue weighted by atomic mass is 10.2. The fraction of sp³-hybridized carbons (Fsp3) is 0.250. The molecule has 30 heavy (non-hydrogen) atoms. The van der Waals surface area contributed by atoms with Crippen LogP contribution in [0.3, 0.4) is 0 Å². The van der Waals surface area contributed by atoms with Crippen molar-refractivity contribution in [1.82, 2.24) is 13.9 Å². The molecule has 0 aliphatic rings. The van der Waals surface area contributed by atoms with Gasteiger partial charge in [-0.3, -0.25) is 14.3 Å². The van der Waals surface area contributed by atoms with Crippen LogP contribution >= 0.6 is 0 Å². The van der Waals surface area contributed by atoms with E-state index in [0.717, 1.165) is 28.2 Å². The predicted octanol–water partition coefficient (Wildman–Crippen LogP) is 3.80. The summed E-state index contributed by atoms with van der Waals surface area (Å²) in [5.41, 5.74) is 3.45. The van der Waals surface area contributed by atoms with E-state index in [1.54, 1.807) is 16.8 Å². The zero-order valence-electron chi connectivity index (χ0n) is 17.9. The Bertz CT molecular complexity index is 1380. The highest BCUT2D eigenvalue weighted by molar-refractivity contribution is 5.93. The van der Waals surface area contributed by atoms with Gasteiger partial charge in [-0.15, -0.1) is 0 Å². The number of fused-ring (bicyclic) bond motifs is 1. The Hall–Kier alpha value is -3.54. The van der Waals surface area contributed by atoms with Crippen LogP contribution in [0.25, 0.3) is 22.1 Å². The lowest BCUT2D eigenvalue weighted by Crippen LogP contribution is -2.22. The van der Waals surface area contributed by atoms with Gasteiger partial charge in [0.15, 0.2) is 5.43 Å². The highest BCUT2D eigenvalue weighted by Gasteiger charge is 2.24. The van der Waals surface area contributed by atoms with Gasteiger partial charge >= 0.3 is 0 Å². The monoisotopic (exact) mass is 403 g/mol. The van der Waals surface area contributed by atoms with Gasteiger partial charge in [0.05, 0.1) is 23.4 Å². The van der Waals surface area contributed by atoms with Crippen LogP contribution in [0.1, 0.15) is 24.0 Å². The standard InChI is InChI=1S/C24H25N3O3/c1-6-30-20-14-10-13-19(28)21-15(2)26(16(3)22(20)21)23-17(4)25(5)27(24(23)29)18-11-8-7-9-12-18/h7-14H,6H2,1-5H3. The summed E-state index contributed by atoms with van der Waals surface area (Å²) in [7, 11) is 1.87. The van der Waals surface area contributed by atoms with Gasteiger partial charge in [-0.25, -0.2) is 4.68 Å². The number of para-hydroxylation sites is 1. The number of hydrogen-bond acceptors (Lipinski definition) is 3. The minimum absolute atomic E-state index is 0.0905. The SMILES string of the molecule is CCOc1cccc(=O)c2c(C)n(-c3c(C)n(C)n(-c4ccccc4)c3=O)c(C)c12. The molecule has 6 nitrogen and oxygen atoms in total. The maximum Gasteiger partial charge on any atom is 0.295 e. The zero-order chi connectivity index (χ0) is 21.6. The fourth-order valence-electron chi connectivity index (χ4n) is 4.25. The van der Waals surface area contributed by atoms with E-state index in [1.807, 2.05) is 80.4 Å². The largest absolute Gasteiger partial charge is 0.493 e. The molecule has 6 heteroatoms. The van der Waals surface area contributed by atoms with E-state index in [1.165, 1.54) is 0 Å². The molecule has 2 aromatic heterocycles. The highest BCUT2D eigenvalue weighted by atomic mass is 16.5. The second-order valence-electron chi connectivity index (χ2n) is 7.35. The maximum atomic E-state index is 13.6. The van der Waals surface area contributed by atoms with Crippen LogP contribution in [-0.4, -0.2) is 20.5 Å². The van der Waals surface area contributed by atoms with E-state index in [9.17, 15) is 9.59 Å². The van der Waals surface area contributed by atoms with Crippen molar-refractivity contribution in [3.63, 3.8) is 0 Å². The molecule has 0 spiro atoms. The van der Waals surface area contributed by atoms with Crippen LogP contribution in [0.15, 0.2) is 58.1 Å². The summed E-state index contributed by atoms with van der Waals surface area (Å²) in [5.74, 6) is 0.644. The molecule has 154 valence electrons. The first kappa shape index (κ1) is 19.8. The molecule has 0 aliphatic carbocycles. The average Bonchev–Trinajstić information content (AvgIpc) is 3.02. The minimum Gasteiger partial charge on any atom is -0.493 e. The molecule has 0 amide bonds. The Labute approximate surface area is 174 Å². The lowest BCUT2D eigenvalue weighted by Gasteiger charge is -2.08. The molecular weight excluding hydrogens is 378 g/mol. The molecule has 0 fully saturated rings. The van der Waals surface area contributed by atoms with Crippen molar-refractivity contribution in [3.8, 4) is 17.1 Å². The van der Waals surface area contributed by atoms with Gasteiger partial charge in [0.25, 0.3) is 5.56 Å².